The minimum absolute atomic E-state index is 0. The van der Waals surface area contributed by atoms with E-state index in [1.807, 2.05) is 18.2 Å². The van der Waals surface area contributed by atoms with Crippen LogP contribution >= 0.6 is 24.0 Å². The normalized spacial score (nSPS) is 29.0. The Hall–Kier alpha value is -0.860. The van der Waals surface area contributed by atoms with Crippen molar-refractivity contribution < 1.29 is 9.84 Å². The first kappa shape index (κ1) is 19.5. The molecule has 2 atom stereocenters. The zero-order chi connectivity index (χ0) is 16.3. The highest BCUT2D eigenvalue weighted by molar-refractivity contribution is 14.0. The third-order valence-electron chi connectivity index (χ3n) is 5.03. The number of rotatable bonds is 4. The highest BCUT2D eigenvalue weighted by Crippen LogP contribution is 2.36. The summed E-state index contributed by atoms with van der Waals surface area (Å²) in [7, 11) is 1.75. The fourth-order valence-corrected chi connectivity index (χ4v) is 3.55. The van der Waals surface area contributed by atoms with Crippen molar-refractivity contribution in [2.45, 2.75) is 43.8 Å². The molecule has 2 aliphatic rings. The summed E-state index contributed by atoms with van der Waals surface area (Å²) in [5.41, 5.74) is 1.34. The first-order valence-electron chi connectivity index (χ1n) is 8.44. The highest BCUT2D eigenvalue weighted by Gasteiger charge is 2.36. The summed E-state index contributed by atoms with van der Waals surface area (Å²) < 4.78 is 5.78. The molecule has 0 amide bonds. The van der Waals surface area contributed by atoms with Crippen molar-refractivity contribution in [2.24, 2.45) is 4.99 Å². The second kappa shape index (κ2) is 8.01. The summed E-state index contributed by atoms with van der Waals surface area (Å²) in [4.78, 5) is 4.26. The van der Waals surface area contributed by atoms with Crippen LogP contribution in [-0.4, -0.2) is 43.4 Å². The Morgan fingerprint density at radius 3 is 2.71 bits per heavy atom. The number of aryl methyl sites for hydroxylation is 1. The van der Waals surface area contributed by atoms with E-state index >= 15 is 0 Å². The second-order valence-corrected chi connectivity index (χ2v) is 6.87. The van der Waals surface area contributed by atoms with Gasteiger partial charge in [-0.15, -0.1) is 24.0 Å². The summed E-state index contributed by atoms with van der Waals surface area (Å²) in [5.74, 6) is 0.708. The van der Waals surface area contributed by atoms with Crippen LogP contribution in [0.2, 0.25) is 0 Å². The maximum absolute atomic E-state index is 10.9. The van der Waals surface area contributed by atoms with Crippen molar-refractivity contribution in [3.05, 3.63) is 35.4 Å². The van der Waals surface area contributed by atoms with E-state index in [0.717, 1.165) is 44.4 Å². The molecule has 3 N–H and O–H groups in total. The smallest absolute Gasteiger partial charge is 0.191 e. The number of halogens is 1. The van der Waals surface area contributed by atoms with Gasteiger partial charge in [0, 0.05) is 20.2 Å². The van der Waals surface area contributed by atoms with Crippen LogP contribution in [-0.2, 0) is 16.8 Å². The molecule has 1 fully saturated rings. The van der Waals surface area contributed by atoms with Crippen molar-refractivity contribution in [1.82, 2.24) is 10.6 Å². The van der Waals surface area contributed by atoms with Crippen molar-refractivity contribution >= 4 is 29.9 Å². The monoisotopic (exact) mass is 445 g/mol. The predicted molar refractivity (Wildman–Crippen MR) is 107 cm³/mol. The molecular weight excluding hydrogens is 417 g/mol. The van der Waals surface area contributed by atoms with E-state index in [9.17, 15) is 5.11 Å². The Bertz CT molecular complexity index is 587. The third-order valence-corrected chi connectivity index (χ3v) is 5.03. The number of fused-ring (bicyclic) bond motifs is 1. The number of nitrogens with zero attached hydrogens (tertiary/aromatic N) is 1. The number of hydrogen-bond donors (Lipinski definition) is 3. The average Bonchev–Trinajstić information content (AvgIpc) is 3.13. The van der Waals surface area contributed by atoms with Crippen LogP contribution in [0, 0.1) is 0 Å². The van der Waals surface area contributed by atoms with Crippen LogP contribution < -0.4 is 10.6 Å². The van der Waals surface area contributed by atoms with Crippen molar-refractivity contribution in [3.63, 3.8) is 0 Å². The van der Waals surface area contributed by atoms with Gasteiger partial charge in [-0.1, -0.05) is 24.3 Å². The first-order valence-corrected chi connectivity index (χ1v) is 8.44. The van der Waals surface area contributed by atoms with Crippen molar-refractivity contribution in [1.29, 1.82) is 0 Å². The van der Waals surface area contributed by atoms with E-state index in [1.54, 1.807) is 7.05 Å². The minimum atomic E-state index is -0.817. The van der Waals surface area contributed by atoms with Gasteiger partial charge in [0.1, 0.15) is 5.60 Å². The minimum Gasteiger partial charge on any atom is -0.383 e. The summed E-state index contributed by atoms with van der Waals surface area (Å²) in [6.07, 6.45) is 3.85. The van der Waals surface area contributed by atoms with Gasteiger partial charge in [-0.2, -0.15) is 0 Å². The Labute approximate surface area is 161 Å². The molecule has 1 aromatic rings. The molecule has 0 spiro atoms. The molecule has 1 aliphatic carbocycles. The highest BCUT2D eigenvalue weighted by atomic mass is 127. The molecule has 24 heavy (non-hydrogen) atoms. The molecule has 0 radical (unpaired) electrons. The molecule has 1 saturated heterocycles. The van der Waals surface area contributed by atoms with Crippen LogP contribution in [0.3, 0.4) is 0 Å². The predicted octanol–water partition coefficient (Wildman–Crippen LogP) is 2.17. The van der Waals surface area contributed by atoms with E-state index in [1.165, 1.54) is 5.56 Å². The van der Waals surface area contributed by atoms with Crippen molar-refractivity contribution in [2.75, 3.05) is 26.7 Å². The summed E-state index contributed by atoms with van der Waals surface area (Å²) in [6, 6.07) is 8.13. The second-order valence-electron chi connectivity index (χ2n) is 6.87. The number of benzene rings is 1. The van der Waals surface area contributed by atoms with E-state index in [4.69, 9.17) is 4.74 Å². The lowest BCUT2D eigenvalue weighted by Gasteiger charge is -2.28. The van der Waals surface area contributed by atoms with Crippen LogP contribution in [0.5, 0.6) is 0 Å². The van der Waals surface area contributed by atoms with Gasteiger partial charge in [-0.25, -0.2) is 0 Å². The van der Waals surface area contributed by atoms with E-state index in [0.29, 0.717) is 12.5 Å². The number of guanidine groups is 1. The maximum Gasteiger partial charge on any atom is 0.191 e. The van der Waals surface area contributed by atoms with Crippen LogP contribution in [0.1, 0.15) is 37.3 Å². The SMILES string of the molecule is CN=C(NCC1(C)CCCO1)NCC1(O)CCc2ccccc21.I. The van der Waals surface area contributed by atoms with Gasteiger partial charge in [0.05, 0.1) is 12.1 Å². The Morgan fingerprint density at radius 2 is 2.00 bits per heavy atom. The number of ether oxygens (including phenoxy) is 1. The number of hydrogen-bond acceptors (Lipinski definition) is 3. The molecule has 1 aromatic carbocycles. The number of nitrogens with one attached hydrogen (secondary N) is 2. The summed E-state index contributed by atoms with van der Waals surface area (Å²) in [6.45, 7) is 4.14. The van der Waals surface area contributed by atoms with Crippen LogP contribution in [0.15, 0.2) is 29.3 Å². The molecule has 0 saturated carbocycles. The van der Waals surface area contributed by atoms with Gasteiger partial charge in [-0.3, -0.25) is 4.99 Å². The van der Waals surface area contributed by atoms with E-state index in [2.05, 4.69) is 28.6 Å². The topological polar surface area (TPSA) is 65.9 Å². The lowest BCUT2D eigenvalue weighted by molar-refractivity contribution is 0.0238. The lowest BCUT2D eigenvalue weighted by atomic mass is 9.96. The Kier molecular flexibility index (Phi) is 6.50. The standard InChI is InChI=1S/C18H27N3O2.HI/c1-17(9-5-11-23-17)12-20-16(19-2)21-13-18(22)10-8-14-6-3-4-7-15(14)18;/h3-4,6-7,22H,5,8-13H2,1-2H3,(H2,19,20,21);1H. The molecule has 5 nitrogen and oxygen atoms in total. The van der Waals surface area contributed by atoms with Gasteiger partial charge < -0.3 is 20.5 Å². The molecule has 1 aliphatic heterocycles. The van der Waals surface area contributed by atoms with Gasteiger partial charge >= 0.3 is 0 Å². The largest absolute Gasteiger partial charge is 0.383 e. The Morgan fingerprint density at radius 1 is 1.25 bits per heavy atom. The summed E-state index contributed by atoms with van der Waals surface area (Å²) >= 11 is 0. The van der Waals surface area contributed by atoms with Gasteiger partial charge in [0.15, 0.2) is 5.96 Å². The summed E-state index contributed by atoms with van der Waals surface area (Å²) in [5, 5.41) is 17.5. The third kappa shape index (κ3) is 4.21. The molecule has 3 rings (SSSR count). The maximum atomic E-state index is 10.9. The quantitative estimate of drug-likeness (QED) is 0.378. The first-order chi connectivity index (χ1) is 11.0. The molecule has 0 bridgehead atoms. The fraction of sp³-hybridized carbons (Fsp3) is 0.611. The van der Waals surface area contributed by atoms with Gasteiger partial charge in [-0.05, 0) is 43.7 Å². The van der Waals surface area contributed by atoms with Crippen LogP contribution in [0.4, 0.5) is 0 Å². The zero-order valence-corrected chi connectivity index (χ0v) is 16.8. The molecule has 2 unspecified atom stereocenters. The fourth-order valence-electron chi connectivity index (χ4n) is 3.55. The van der Waals surface area contributed by atoms with E-state index < -0.39 is 5.60 Å². The van der Waals surface area contributed by atoms with E-state index in [-0.39, 0.29) is 29.6 Å². The van der Waals surface area contributed by atoms with Gasteiger partial charge in [0.2, 0.25) is 0 Å². The molecule has 6 heteroatoms. The number of aliphatic imine (C=N–C) groups is 1. The molecule has 134 valence electrons. The van der Waals surface area contributed by atoms with Crippen molar-refractivity contribution in [3.8, 4) is 0 Å². The molecule has 0 aromatic heterocycles. The molecule has 1 heterocycles. The lowest BCUT2D eigenvalue weighted by Crippen LogP contribution is -2.49. The van der Waals surface area contributed by atoms with Crippen LogP contribution in [0.25, 0.3) is 0 Å². The van der Waals surface area contributed by atoms with Gasteiger partial charge in [0.25, 0.3) is 0 Å². The Balaban J connectivity index is 0.00000208. The number of aliphatic hydroxyl groups is 1. The average molecular weight is 445 g/mol. The zero-order valence-electron chi connectivity index (χ0n) is 14.5. The molecular formula is C18H28IN3O2.